The van der Waals surface area contributed by atoms with Crippen molar-refractivity contribution in [1.29, 1.82) is 0 Å². The summed E-state index contributed by atoms with van der Waals surface area (Å²) in [6.45, 7) is 9.45. The third-order valence-electron chi connectivity index (χ3n) is 9.25. The fourth-order valence-electron chi connectivity index (χ4n) is 6.15. The third kappa shape index (κ3) is 36.1. The first-order chi connectivity index (χ1) is 20.8. The summed E-state index contributed by atoms with van der Waals surface area (Å²) >= 11 is 0. The van der Waals surface area contributed by atoms with Crippen molar-refractivity contribution in [2.24, 2.45) is 0 Å². The molecule has 0 heterocycles. The quantitative estimate of drug-likeness (QED) is 0.0662. The van der Waals surface area contributed by atoms with Gasteiger partial charge in [-0.1, -0.05) is 213 Å². The van der Waals surface area contributed by atoms with Gasteiger partial charge in [0.1, 0.15) is 0 Å². The van der Waals surface area contributed by atoms with E-state index >= 15 is 0 Å². The SMILES string of the molecule is CCCCCCCCCCCCCCCCCCOC[C@H](CC)OCCCCCCCCCCCCCCCCCC. The van der Waals surface area contributed by atoms with Gasteiger partial charge in [0.05, 0.1) is 12.7 Å². The summed E-state index contributed by atoms with van der Waals surface area (Å²) in [5.41, 5.74) is 0. The van der Waals surface area contributed by atoms with E-state index in [2.05, 4.69) is 20.8 Å². The van der Waals surface area contributed by atoms with Crippen LogP contribution < -0.4 is 0 Å². The molecule has 0 unspecified atom stereocenters. The topological polar surface area (TPSA) is 18.5 Å². The highest BCUT2D eigenvalue weighted by Crippen LogP contribution is 2.15. The van der Waals surface area contributed by atoms with Crippen LogP contribution in [-0.4, -0.2) is 25.9 Å². The first-order valence-electron chi connectivity index (χ1n) is 20.0. The minimum Gasteiger partial charge on any atom is -0.379 e. The molecule has 0 aromatic rings. The van der Waals surface area contributed by atoms with Gasteiger partial charge in [0.2, 0.25) is 0 Å². The lowest BCUT2D eigenvalue weighted by Crippen LogP contribution is -2.20. The lowest BCUT2D eigenvalue weighted by Gasteiger charge is -2.16. The van der Waals surface area contributed by atoms with Gasteiger partial charge in [-0.15, -0.1) is 0 Å². The number of unbranched alkanes of at least 4 members (excludes halogenated alkanes) is 30. The first-order valence-corrected chi connectivity index (χ1v) is 20.0. The molecule has 0 aromatic heterocycles. The maximum atomic E-state index is 6.12. The molecule has 0 aliphatic rings. The Morgan fingerprint density at radius 1 is 0.310 bits per heavy atom. The molecular formula is C40H82O2. The van der Waals surface area contributed by atoms with Crippen LogP contribution in [0, 0.1) is 0 Å². The van der Waals surface area contributed by atoms with Crippen molar-refractivity contribution in [3.8, 4) is 0 Å². The molecule has 42 heavy (non-hydrogen) atoms. The summed E-state index contributed by atoms with van der Waals surface area (Å²) < 4.78 is 12.1. The Balaban J connectivity index is 3.24. The average molecular weight is 595 g/mol. The van der Waals surface area contributed by atoms with Crippen molar-refractivity contribution in [3.05, 3.63) is 0 Å². The Kier molecular flexibility index (Phi) is 38.9. The second kappa shape index (κ2) is 38.9. The number of ether oxygens (including phenoxy) is 2. The Hall–Kier alpha value is -0.0800. The Labute approximate surface area is 267 Å². The van der Waals surface area contributed by atoms with Crippen molar-refractivity contribution in [2.75, 3.05) is 19.8 Å². The highest BCUT2D eigenvalue weighted by atomic mass is 16.5. The van der Waals surface area contributed by atoms with E-state index in [4.69, 9.17) is 9.47 Å². The Bertz CT molecular complexity index is 451. The molecular weight excluding hydrogens is 512 g/mol. The highest BCUT2D eigenvalue weighted by molar-refractivity contribution is 4.56. The number of hydrogen-bond acceptors (Lipinski definition) is 2. The number of rotatable bonds is 38. The van der Waals surface area contributed by atoms with Crippen LogP contribution in [0.3, 0.4) is 0 Å². The standard InChI is InChI=1S/C40H82O2/c1-4-7-9-11-13-15-17-19-21-23-25-27-29-31-33-35-37-41-39-40(6-3)42-38-36-34-32-30-28-26-24-22-20-18-16-14-12-10-8-5-2/h40H,4-39H2,1-3H3/t40-/m0/s1. The lowest BCUT2D eigenvalue weighted by molar-refractivity contribution is -0.0200. The van der Waals surface area contributed by atoms with Crippen molar-refractivity contribution in [3.63, 3.8) is 0 Å². The zero-order valence-corrected chi connectivity index (χ0v) is 29.8. The molecule has 0 rings (SSSR count). The van der Waals surface area contributed by atoms with Gasteiger partial charge in [-0.2, -0.15) is 0 Å². The summed E-state index contributed by atoms with van der Waals surface area (Å²) in [6, 6.07) is 0. The minimum atomic E-state index is 0.294. The smallest absolute Gasteiger partial charge is 0.0805 e. The largest absolute Gasteiger partial charge is 0.379 e. The summed E-state index contributed by atoms with van der Waals surface area (Å²) in [5, 5.41) is 0. The molecule has 1 atom stereocenters. The molecule has 0 bridgehead atoms. The monoisotopic (exact) mass is 595 g/mol. The van der Waals surface area contributed by atoms with E-state index in [-0.39, 0.29) is 0 Å². The highest BCUT2D eigenvalue weighted by Gasteiger charge is 2.06. The van der Waals surface area contributed by atoms with Crippen LogP contribution >= 0.6 is 0 Å². The molecule has 0 aliphatic heterocycles. The molecule has 0 N–H and O–H groups in total. The van der Waals surface area contributed by atoms with Crippen LogP contribution in [0.5, 0.6) is 0 Å². The molecule has 0 aliphatic carbocycles. The van der Waals surface area contributed by atoms with Crippen LogP contribution in [0.1, 0.15) is 233 Å². The van der Waals surface area contributed by atoms with Gasteiger partial charge in [-0.3, -0.25) is 0 Å². The summed E-state index contributed by atoms with van der Waals surface area (Å²) in [4.78, 5) is 0. The van der Waals surface area contributed by atoms with E-state index in [9.17, 15) is 0 Å². The van der Waals surface area contributed by atoms with E-state index in [1.54, 1.807) is 0 Å². The first kappa shape index (κ1) is 41.9. The molecule has 0 spiro atoms. The fourth-order valence-corrected chi connectivity index (χ4v) is 6.15. The normalized spacial score (nSPS) is 12.4. The second-order valence-corrected chi connectivity index (χ2v) is 13.6. The maximum absolute atomic E-state index is 6.12. The summed E-state index contributed by atoms with van der Waals surface area (Å²) in [5.74, 6) is 0. The van der Waals surface area contributed by atoms with E-state index in [1.165, 1.54) is 205 Å². The van der Waals surface area contributed by atoms with Gasteiger partial charge in [0.25, 0.3) is 0 Å². The molecule has 254 valence electrons. The summed E-state index contributed by atoms with van der Waals surface area (Å²) in [7, 11) is 0. The molecule has 2 nitrogen and oxygen atoms in total. The number of hydrogen-bond donors (Lipinski definition) is 0. The predicted octanol–water partition coefficient (Wildman–Crippen LogP) is 14.3. The van der Waals surface area contributed by atoms with Crippen LogP contribution in [0.15, 0.2) is 0 Å². The fraction of sp³-hybridized carbons (Fsp3) is 1.00. The minimum absolute atomic E-state index is 0.294. The van der Waals surface area contributed by atoms with Crippen molar-refractivity contribution < 1.29 is 9.47 Å². The van der Waals surface area contributed by atoms with E-state index in [0.717, 1.165) is 26.2 Å². The van der Waals surface area contributed by atoms with Crippen molar-refractivity contribution in [2.45, 2.75) is 239 Å². The predicted molar refractivity (Wildman–Crippen MR) is 190 cm³/mol. The van der Waals surface area contributed by atoms with Gasteiger partial charge >= 0.3 is 0 Å². The summed E-state index contributed by atoms with van der Waals surface area (Å²) in [6.07, 6.45) is 46.8. The van der Waals surface area contributed by atoms with Crippen molar-refractivity contribution in [1.82, 2.24) is 0 Å². The van der Waals surface area contributed by atoms with Crippen LogP contribution in [-0.2, 0) is 9.47 Å². The van der Waals surface area contributed by atoms with Gasteiger partial charge in [-0.05, 0) is 19.3 Å². The average Bonchev–Trinajstić information content (AvgIpc) is 3.00. The molecule has 0 amide bonds. The van der Waals surface area contributed by atoms with E-state index < -0.39 is 0 Å². The van der Waals surface area contributed by atoms with E-state index in [1.807, 2.05) is 0 Å². The van der Waals surface area contributed by atoms with Crippen molar-refractivity contribution >= 4 is 0 Å². The van der Waals surface area contributed by atoms with Crippen LogP contribution in [0.2, 0.25) is 0 Å². The molecule has 2 heteroatoms. The Morgan fingerprint density at radius 3 is 0.857 bits per heavy atom. The molecule has 0 radical (unpaired) electrons. The van der Waals surface area contributed by atoms with Crippen LogP contribution in [0.25, 0.3) is 0 Å². The van der Waals surface area contributed by atoms with Gasteiger partial charge in [0, 0.05) is 13.2 Å². The Morgan fingerprint density at radius 2 is 0.571 bits per heavy atom. The maximum Gasteiger partial charge on any atom is 0.0805 e. The van der Waals surface area contributed by atoms with Gasteiger partial charge in [-0.25, -0.2) is 0 Å². The zero-order chi connectivity index (χ0) is 30.4. The third-order valence-corrected chi connectivity index (χ3v) is 9.25. The van der Waals surface area contributed by atoms with Gasteiger partial charge < -0.3 is 9.47 Å². The zero-order valence-electron chi connectivity index (χ0n) is 29.8. The lowest BCUT2D eigenvalue weighted by atomic mass is 10.0. The van der Waals surface area contributed by atoms with Crippen LogP contribution in [0.4, 0.5) is 0 Å². The molecule has 0 aromatic carbocycles. The van der Waals surface area contributed by atoms with E-state index in [0.29, 0.717) is 6.10 Å². The van der Waals surface area contributed by atoms with Gasteiger partial charge in [0.15, 0.2) is 0 Å². The molecule has 0 saturated heterocycles. The second-order valence-electron chi connectivity index (χ2n) is 13.6. The molecule has 0 fully saturated rings. The molecule has 0 saturated carbocycles.